The van der Waals surface area contributed by atoms with E-state index in [0.717, 1.165) is 0 Å². The minimum Gasteiger partial charge on any atom is -0.342 e. The summed E-state index contributed by atoms with van der Waals surface area (Å²) in [4.78, 5) is 27.9. The molecule has 21 heavy (non-hydrogen) atoms. The first-order valence-corrected chi connectivity index (χ1v) is 8.27. The molecular weight excluding hydrogens is 298 g/mol. The van der Waals surface area contributed by atoms with E-state index < -0.39 is 26.4 Å². The van der Waals surface area contributed by atoms with Crippen molar-refractivity contribution in [2.75, 3.05) is 32.4 Å². The number of azide groups is 1. The lowest BCUT2D eigenvalue weighted by molar-refractivity contribution is -0.134. The third-order valence-corrected chi connectivity index (χ3v) is 6.73. The van der Waals surface area contributed by atoms with Gasteiger partial charge in [0, 0.05) is 50.9 Å². The second kappa shape index (κ2) is 5.53. The molecule has 0 aliphatic carbocycles. The van der Waals surface area contributed by atoms with E-state index >= 15 is 0 Å². The van der Waals surface area contributed by atoms with Crippen molar-refractivity contribution in [3.8, 4) is 0 Å². The molecular formula is C11H17N5O4S. The fraction of sp³-hybridized carbons (Fsp3) is 0.818. The van der Waals surface area contributed by atoms with E-state index in [1.54, 1.807) is 4.90 Å². The van der Waals surface area contributed by atoms with Crippen LogP contribution in [-0.2, 0) is 19.4 Å². The molecule has 10 heteroatoms. The van der Waals surface area contributed by atoms with E-state index in [9.17, 15) is 18.0 Å². The Morgan fingerprint density at radius 1 is 1.43 bits per heavy atom. The van der Waals surface area contributed by atoms with E-state index in [4.69, 9.17) is 5.53 Å². The van der Waals surface area contributed by atoms with Crippen LogP contribution in [0, 0.1) is 0 Å². The molecule has 2 aliphatic heterocycles. The van der Waals surface area contributed by atoms with Gasteiger partial charge in [0.1, 0.15) is 10.6 Å². The van der Waals surface area contributed by atoms with Crippen molar-refractivity contribution in [3.05, 3.63) is 10.4 Å². The van der Waals surface area contributed by atoms with Crippen LogP contribution in [0.25, 0.3) is 10.4 Å². The fourth-order valence-electron chi connectivity index (χ4n) is 2.93. The van der Waals surface area contributed by atoms with E-state index in [2.05, 4.69) is 10.0 Å². The highest BCUT2D eigenvalue weighted by Crippen LogP contribution is 2.38. The molecule has 2 rings (SSSR count). The maximum absolute atomic E-state index is 12.2. The minimum absolute atomic E-state index is 0.0909. The van der Waals surface area contributed by atoms with Crippen LogP contribution in [0.2, 0.25) is 0 Å². The van der Waals surface area contributed by atoms with Crippen LogP contribution < -0.4 is 0 Å². The standard InChI is InChI=1S/C11H17N5O4S/c1-15-10(18)8-21(19,20)11(15)3-6-16(7-4-11)9(17)2-5-13-14-12/h2-8H2,1H3. The molecule has 116 valence electrons. The van der Waals surface area contributed by atoms with Gasteiger partial charge in [0.15, 0.2) is 9.84 Å². The summed E-state index contributed by atoms with van der Waals surface area (Å²) in [6.07, 6.45) is 0.564. The molecule has 0 unspecified atom stereocenters. The molecule has 0 saturated carbocycles. The molecule has 2 aliphatic rings. The number of carbonyl (C=O) groups is 2. The first kappa shape index (κ1) is 15.6. The van der Waals surface area contributed by atoms with Gasteiger partial charge >= 0.3 is 0 Å². The smallest absolute Gasteiger partial charge is 0.238 e. The monoisotopic (exact) mass is 315 g/mol. The number of nitrogens with zero attached hydrogens (tertiary/aromatic N) is 5. The summed E-state index contributed by atoms with van der Waals surface area (Å²) in [7, 11) is -2.00. The molecule has 0 radical (unpaired) electrons. The maximum Gasteiger partial charge on any atom is 0.238 e. The Morgan fingerprint density at radius 3 is 2.52 bits per heavy atom. The second-order valence-electron chi connectivity index (χ2n) is 5.24. The van der Waals surface area contributed by atoms with Gasteiger partial charge in [0.25, 0.3) is 0 Å². The van der Waals surface area contributed by atoms with Crippen LogP contribution >= 0.6 is 0 Å². The molecule has 0 bridgehead atoms. The molecule has 0 aromatic rings. The number of sulfone groups is 1. The van der Waals surface area contributed by atoms with Crippen LogP contribution in [0.3, 0.4) is 0 Å². The lowest BCUT2D eigenvalue weighted by atomic mass is 10.0. The average Bonchev–Trinajstić information content (AvgIpc) is 2.60. The van der Waals surface area contributed by atoms with Crippen molar-refractivity contribution < 1.29 is 18.0 Å². The predicted molar refractivity (Wildman–Crippen MR) is 73.7 cm³/mol. The van der Waals surface area contributed by atoms with E-state index in [-0.39, 0.29) is 44.8 Å². The first-order valence-electron chi connectivity index (χ1n) is 6.62. The number of hydrogen-bond donors (Lipinski definition) is 0. The summed E-state index contributed by atoms with van der Waals surface area (Å²) in [5.74, 6) is -1.01. The fourth-order valence-corrected chi connectivity index (χ4v) is 5.04. The zero-order valence-corrected chi connectivity index (χ0v) is 12.5. The first-order chi connectivity index (χ1) is 9.84. The molecule has 0 aromatic carbocycles. The van der Waals surface area contributed by atoms with Gasteiger partial charge in [-0.15, -0.1) is 0 Å². The lowest BCUT2D eigenvalue weighted by Crippen LogP contribution is -2.55. The van der Waals surface area contributed by atoms with Crippen LogP contribution in [0.1, 0.15) is 19.3 Å². The molecule has 2 heterocycles. The normalized spacial score (nSPS) is 23.2. The topological polar surface area (TPSA) is 124 Å². The Balaban J connectivity index is 2.04. The van der Waals surface area contributed by atoms with Crippen LogP contribution in [-0.4, -0.2) is 67.3 Å². The molecule has 0 aromatic heterocycles. The Hall–Kier alpha value is -1.80. The minimum atomic E-state index is -3.51. The van der Waals surface area contributed by atoms with E-state index in [1.807, 2.05) is 0 Å². The number of amides is 2. The highest BCUT2D eigenvalue weighted by atomic mass is 32.2. The summed E-state index contributed by atoms with van der Waals surface area (Å²) < 4.78 is 24.5. The molecule has 9 nitrogen and oxygen atoms in total. The van der Waals surface area contributed by atoms with Crippen molar-refractivity contribution in [2.24, 2.45) is 5.11 Å². The summed E-state index contributed by atoms with van der Waals surface area (Å²) in [5.41, 5.74) is 8.17. The SMILES string of the molecule is CN1C(=O)CS(=O)(=O)C12CCN(C(=O)CCN=[N+]=[N-])CC2. The molecule has 1 spiro atoms. The van der Waals surface area contributed by atoms with Crippen molar-refractivity contribution in [1.29, 1.82) is 0 Å². The number of piperidine rings is 1. The van der Waals surface area contributed by atoms with E-state index in [1.165, 1.54) is 11.9 Å². The van der Waals surface area contributed by atoms with Gasteiger partial charge in [-0.2, -0.15) is 0 Å². The molecule has 0 atom stereocenters. The Labute approximate surface area is 122 Å². The molecule has 2 fully saturated rings. The highest BCUT2D eigenvalue weighted by Gasteiger charge is 2.56. The van der Waals surface area contributed by atoms with Gasteiger partial charge in [0.05, 0.1) is 0 Å². The summed E-state index contributed by atoms with van der Waals surface area (Å²) in [6.45, 7) is 0.658. The zero-order chi connectivity index (χ0) is 15.7. The van der Waals surface area contributed by atoms with Gasteiger partial charge in [-0.3, -0.25) is 9.59 Å². The third kappa shape index (κ3) is 2.56. The number of hydrogen-bond acceptors (Lipinski definition) is 5. The average molecular weight is 315 g/mol. The highest BCUT2D eigenvalue weighted by molar-refractivity contribution is 7.93. The molecule has 2 saturated heterocycles. The Kier molecular flexibility index (Phi) is 4.11. The zero-order valence-electron chi connectivity index (χ0n) is 11.7. The Morgan fingerprint density at radius 2 is 2.05 bits per heavy atom. The van der Waals surface area contributed by atoms with Gasteiger partial charge in [-0.05, 0) is 5.53 Å². The van der Waals surface area contributed by atoms with Crippen LogP contribution in [0.4, 0.5) is 0 Å². The molecule has 2 amide bonds. The Bertz CT molecular complexity index is 602. The summed E-state index contributed by atoms with van der Waals surface area (Å²) in [5, 5.41) is 3.31. The summed E-state index contributed by atoms with van der Waals surface area (Å²) in [6, 6.07) is 0. The largest absolute Gasteiger partial charge is 0.342 e. The quantitative estimate of drug-likeness (QED) is 0.409. The van der Waals surface area contributed by atoms with Gasteiger partial charge in [0.2, 0.25) is 11.8 Å². The number of likely N-dealkylation sites (tertiary alicyclic amines) is 1. The summed E-state index contributed by atoms with van der Waals surface area (Å²) >= 11 is 0. The van der Waals surface area contributed by atoms with Crippen molar-refractivity contribution in [2.45, 2.75) is 24.1 Å². The molecule has 0 N–H and O–H groups in total. The van der Waals surface area contributed by atoms with Gasteiger partial charge < -0.3 is 9.80 Å². The number of rotatable bonds is 3. The maximum atomic E-state index is 12.2. The third-order valence-electron chi connectivity index (χ3n) is 4.26. The van der Waals surface area contributed by atoms with Gasteiger partial charge in [-0.25, -0.2) is 8.42 Å². The number of carbonyl (C=O) groups excluding carboxylic acids is 2. The second-order valence-corrected chi connectivity index (χ2v) is 7.52. The van der Waals surface area contributed by atoms with Gasteiger partial charge in [-0.1, -0.05) is 5.11 Å². The predicted octanol–water partition coefficient (Wildman–Crippen LogP) is -0.108. The van der Waals surface area contributed by atoms with Crippen LogP contribution in [0.5, 0.6) is 0 Å². The van der Waals surface area contributed by atoms with Crippen LogP contribution in [0.15, 0.2) is 5.11 Å². The van der Waals surface area contributed by atoms with Crippen molar-refractivity contribution >= 4 is 21.7 Å². The van der Waals surface area contributed by atoms with Crippen molar-refractivity contribution in [1.82, 2.24) is 9.80 Å². The lowest BCUT2D eigenvalue weighted by Gasteiger charge is -2.41. The van der Waals surface area contributed by atoms with Crippen molar-refractivity contribution in [3.63, 3.8) is 0 Å². The van der Waals surface area contributed by atoms with E-state index in [0.29, 0.717) is 0 Å².